The lowest BCUT2D eigenvalue weighted by Crippen LogP contribution is -2.39. The number of likely N-dealkylation sites (tertiary alicyclic amines) is 1. The first-order valence-electron chi connectivity index (χ1n) is 8.11. The minimum atomic E-state index is -0.0745. The molecule has 0 spiro atoms. The maximum Gasteiger partial charge on any atom is 0.221 e. The number of carbonyl (C=O) groups excluding carboxylic acids is 1. The minimum Gasteiger partial charge on any atom is -0.444 e. The van der Waals surface area contributed by atoms with Crippen molar-refractivity contribution in [3.63, 3.8) is 0 Å². The Balaban J connectivity index is 1.68. The Kier molecular flexibility index (Phi) is 5.97. The van der Waals surface area contributed by atoms with Crippen LogP contribution < -0.4 is 11.1 Å². The van der Waals surface area contributed by atoms with Crippen LogP contribution in [0.15, 0.2) is 4.42 Å². The van der Waals surface area contributed by atoms with Gasteiger partial charge in [-0.05, 0) is 52.6 Å². The first kappa shape index (κ1) is 17.0. The van der Waals surface area contributed by atoms with Gasteiger partial charge in [-0.1, -0.05) is 0 Å². The predicted molar refractivity (Wildman–Crippen MR) is 85.3 cm³/mol. The Bertz CT molecular complexity index is 471. The number of amides is 1. The Morgan fingerprint density at radius 2 is 2.14 bits per heavy atom. The van der Waals surface area contributed by atoms with Crippen molar-refractivity contribution in [2.45, 2.75) is 52.6 Å². The van der Waals surface area contributed by atoms with Crippen molar-refractivity contribution in [1.82, 2.24) is 15.2 Å². The van der Waals surface area contributed by atoms with E-state index < -0.39 is 0 Å². The lowest BCUT2D eigenvalue weighted by molar-refractivity contribution is -0.121. The van der Waals surface area contributed by atoms with Crippen molar-refractivity contribution in [3.05, 3.63) is 17.3 Å². The van der Waals surface area contributed by atoms with Crippen LogP contribution in [0.3, 0.4) is 0 Å². The number of nitrogens with zero attached hydrogens (tertiary/aromatic N) is 2. The number of aryl methyl sites for hydroxylation is 2. The molecule has 6 nitrogen and oxygen atoms in total. The van der Waals surface area contributed by atoms with E-state index in [1.54, 1.807) is 0 Å². The molecule has 1 aliphatic rings. The Morgan fingerprint density at radius 1 is 1.45 bits per heavy atom. The molecule has 1 amide bonds. The number of aromatic nitrogens is 1. The van der Waals surface area contributed by atoms with Gasteiger partial charge in [0.05, 0.1) is 12.2 Å². The molecule has 2 heterocycles. The molecule has 22 heavy (non-hydrogen) atoms. The van der Waals surface area contributed by atoms with Gasteiger partial charge in [-0.2, -0.15) is 0 Å². The molecular weight excluding hydrogens is 280 g/mol. The monoisotopic (exact) mass is 308 g/mol. The molecule has 1 aromatic rings. The van der Waals surface area contributed by atoms with Crippen molar-refractivity contribution in [3.8, 4) is 0 Å². The van der Waals surface area contributed by atoms with Gasteiger partial charge in [0, 0.05) is 19.0 Å². The van der Waals surface area contributed by atoms with Crippen LogP contribution in [0, 0.1) is 19.8 Å². The number of oxazole rings is 1. The summed E-state index contributed by atoms with van der Waals surface area (Å²) < 4.78 is 5.64. The summed E-state index contributed by atoms with van der Waals surface area (Å²) in [4.78, 5) is 18.4. The molecule has 0 aliphatic carbocycles. The van der Waals surface area contributed by atoms with Crippen LogP contribution >= 0.6 is 0 Å². The third-order valence-electron chi connectivity index (χ3n) is 4.23. The zero-order valence-corrected chi connectivity index (χ0v) is 13.9. The third kappa shape index (κ3) is 5.10. The average molecular weight is 308 g/mol. The average Bonchev–Trinajstić information content (AvgIpc) is 2.76. The lowest BCUT2D eigenvalue weighted by atomic mass is 9.96. The Labute approximate surface area is 132 Å². The lowest BCUT2D eigenvalue weighted by Gasteiger charge is -2.31. The van der Waals surface area contributed by atoms with Crippen LogP contribution in [0.5, 0.6) is 0 Å². The Hall–Kier alpha value is -1.40. The zero-order valence-electron chi connectivity index (χ0n) is 13.9. The van der Waals surface area contributed by atoms with Crippen molar-refractivity contribution in [2.24, 2.45) is 11.7 Å². The second-order valence-electron chi connectivity index (χ2n) is 6.45. The number of nitrogens with one attached hydrogen (secondary N) is 1. The summed E-state index contributed by atoms with van der Waals surface area (Å²) in [5, 5.41) is 2.99. The van der Waals surface area contributed by atoms with E-state index in [9.17, 15) is 4.79 Å². The van der Waals surface area contributed by atoms with Gasteiger partial charge in [-0.3, -0.25) is 9.69 Å². The standard InChI is InChI=1S/C16H28N4O2/c1-11(17)8-15(21)18-9-14-4-6-20(7-5-14)10-16-19-12(2)13(3)22-16/h11,14H,4-10,17H2,1-3H3,(H,18,21). The van der Waals surface area contributed by atoms with Gasteiger partial charge in [-0.15, -0.1) is 0 Å². The summed E-state index contributed by atoms with van der Waals surface area (Å²) in [6.45, 7) is 9.35. The highest BCUT2D eigenvalue weighted by Gasteiger charge is 2.21. The van der Waals surface area contributed by atoms with E-state index >= 15 is 0 Å². The van der Waals surface area contributed by atoms with Crippen LogP contribution in [0.4, 0.5) is 0 Å². The summed E-state index contributed by atoms with van der Waals surface area (Å²) in [5.74, 6) is 2.32. The zero-order chi connectivity index (χ0) is 16.1. The summed E-state index contributed by atoms with van der Waals surface area (Å²) in [7, 11) is 0. The third-order valence-corrected chi connectivity index (χ3v) is 4.23. The van der Waals surface area contributed by atoms with E-state index in [4.69, 9.17) is 10.2 Å². The first-order chi connectivity index (χ1) is 10.4. The summed E-state index contributed by atoms with van der Waals surface area (Å²) in [6.07, 6.45) is 2.59. The predicted octanol–water partition coefficient (Wildman–Crippen LogP) is 1.36. The van der Waals surface area contributed by atoms with Crippen molar-refractivity contribution < 1.29 is 9.21 Å². The molecule has 1 aliphatic heterocycles. The second-order valence-corrected chi connectivity index (χ2v) is 6.45. The molecule has 124 valence electrons. The number of rotatable bonds is 6. The number of hydrogen-bond donors (Lipinski definition) is 2. The van der Waals surface area contributed by atoms with Gasteiger partial charge in [0.2, 0.25) is 11.8 Å². The van der Waals surface area contributed by atoms with E-state index in [0.717, 1.165) is 56.4 Å². The molecular formula is C16H28N4O2. The van der Waals surface area contributed by atoms with E-state index in [1.807, 2.05) is 20.8 Å². The van der Waals surface area contributed by atoms with E-state index in [0.29, 0.717) is 12.3 Å². The molecule has 1 aromatic heterocycles. The van der Waals surface area contributed by atoms with E-state index in [-0.39, 0.29) is 11.9 Å². The maximum absolute atomic E-state index is 11.6. The van der Waals surface area contributed by atoms with Crippen LogP contribution in [0.1, 0.15) is 43.5 Å². The van der Waals surface area contributed by atoms with Gasteiger partial charge in [-0.25, -0.2) is 4.98 Å². The molecule has 3 N–H and O–H groups in total. The summed E-state index contributed by atoms with van der Waals surface area (Å²) >= 11 is 0. The van der Waals surface area contributed by atoms with Crippen molar-refractivity contribution >= 4 is 5.91 Å². The highest BCUT2D eigenvalue weighted by Crippen LogP contribution is 2.19. The van der Waals surface area contributed by atoms with E-state index in [2.05, 4.69) is 15.2 Å². The molecule has 1 atom stereocenters. The topological polar surface area (TPSA) is 84.4 Å². The summed E-state index contributed by atoms with van der Waals surface area (Å²) in [6, 6.07) is -0.0745. The minimum absolute atomic E-state index is 0.0585. The van der Waals surface area contributed by atoms with E-state index in [1.165, 1.54) is 0 Å². The fraction of sp³-hybridized carbons (Fsp3) is 0.750. The fourth-order valence-corrected chi connectivity index (χ4v) is 2.77. The molecule has 6 heteroatoms. The highest BCUT2D eigenvalue weighted by atomic mass is 16.4. The van der Waals surface area contributed by atoms with Gasteiger partial charge in [0.25, 0.3) is 0 Å². The normalized spacial score (nSPS) is 18.4. The van der Waals surface area contributed by atoms with Crippen LogP contribution in [-0.2, 0) is 11.3 Å². The number of carbonyl (C=O) groups is 1. The van der Waals surface area contributed by atoms with Gasteiger partial charge in [0.15, 0.2) is 0 Å². The van der Waals surface area contributed by atoms with Crippen LogP contribution in [-0.4, -0.2) is 41.5 Å². The largest absolute Gasteiger partial charge is 0.444 e. The highest BCUT2D eigenvalue weighted by molar-refractivity contribution is 5.76. The summed E-state index contributed by atoms with van der Waals surface area (Å²) in [5.41, 5.74) is 6.60. The molecule has 0 bridgehead atoms. The quantitative estimate of drug-likeness (QED) is 0.829. The van der Waals surface area contributed by atoms with Crippen molar-refractivity contribution in [1.29, 1.82) is 0 Å². The van der Waals surface area contributed by atoms with Gasteiger partial charge < -0.3 is 15.5 Å². The smallest absolute Gasteiger partial charge is 0.221 e. The van der Waals surface area contributed by atoms with Gasteiger partial charge >= 0.3 is 0 Å². The maximum atomic E-state index is 11.6. The number of nitrogens with two attached hydrogens (primary N) is 1. The molecule has 2 rings (SSSR count). The number of piperidine rings is 1. The fourth-order valence-electron chi connectivity index (χ4n) is 2.77. The second kappa shape index (κ2) is 7.74. The van der Waals surface area contributed by atoms with Crippen molar-refractivity contribution in [2.75, 3.05) is 19.6 Å². The Morgan fingerprint density at radius 3 is 2.68 bits per heavy atom. The molecule has 0 radical (unpaired) electrons. The molecule has 0 aromatic carbocycles. The molecule has 1 unspecified atom stereocenters. The first-order valence-corrected chi connectivity index (χ1v) is 8.11. The molecule has 1 fully saturated rings. The molecule has 1 saturated heterocycles. The van der Waals surface area contributed by atoms with Crippen LogP contribution in [0.25, 0.3) is 0 Å². The SMILES string of the molecule is Cc1nc(CN2CCC(CNC(=O)CC(C)N)CC2)oc1C. The number of hydrogen-bond acceptors (Lipinski definition) is 5. The van der Waals surface area contributed by atoms with Gasteiger partial charge in [0.1, 0.15) is 5.76 Å². The molecule has 0 saturated carbocycles. The van der Waals surface area contributed by atoms with Crippen LogP contribution in [0.2, 0.25) is 0 Å².